The second-order valence-electron chi connectivity index (χ2n) is 5.59. The molecule has 0 fully saturated rings. The Balaban J connectivity index is 2.11. The van der Waals surface area contributed by atoms with E-state index in [9.17, 15) is 5.11 Å². The predicted octanol–water partition coefficient (Wildman–Crippen LogP) is 4.97. The topological polar surface area (TPSA) is 32.3 Å². The van der Waals surface area contributed by atoms with Gasteiger partial charge in [-0.3, -0.25) is 0 Å². The van der Waals surface area contributed by atoms with E-state index in [1.807, 2.05) is 12.1 Å². The first-order valence-electron chi connectivity index (χ1n) is 7.80. The molecule has 0 aliphatic heterocycles. The van der Waals surface area contributed by atoms with Gasteiger partial charge in [0.15, 0.2) is 0 Å². The Kier molecular flexibility index (Phi) is 5.82. The van der Waals surface area contributed by atoms with Crippen LogP contribution in [-0.2, 0) is 0 Å². The molecule has 2 N–H and O–H groups in total. The highest BCUT2D eigenvalue weighted by atomic mass is 16.3. The van der Waals surface area contributed by atoms with Crippen molar-refractivity contribution in [1.29, 1.82) is 0 Å². The standard InChI is InChI=1S/C19H25NO/c1-3-4-13-19(16-9-6-5-7-10-16)20-15(2)17-11-8-12-18(21)14-17/h5-12,14-15,19-21H,3-4,13H2,1-2H3. The Morgan fingerprint density at radius 1 is 1.00 bits per heavy atom. The maximum Gasteiger partial charge on any atom is 0.115 e. The van der Waals surface area contributed by atoms with Crippen LogP contribution in [0.5, 0.6) is 5.75 Å². The zero-order valence-corrected chi connectivity index (χ0v) is 12.9. The summed E-state index contributed by atoms with van der Waals surface area (Å²) in [6, 6.07) is 18.7. The summed E-state index contributed by atoms with van der Waals surface area (Å²) in [4.78, 5) is 0. The number of nitrogens with one attached hydrogen (secondary N) is 1. The molecule has 0 saturated carbocycles. The quantitative estimate of drug-likeness (QED) is 0.751. The third-order valence-corrected chi connectivity index (χ3v) is 3.87. The number of benzene rings is 2. The number of hydrogen-bond donors (Lipinski definition) is 2. The molecule has 2 atom stereocenters. The molecule has 0 aliphatic rings. The Morgan fingerprint density at radius 2 is 1.71 bits per heavy atom. The van der Waals surface area contributed by atoms with Crippen LogP contribution in [0.25, 0.3) is 0 Å². The summed E-state index contributed by atoms with van der Waals surface area (Å²) in [7, 11) is 0. The summed E-state index contributed by atoms with van der Waals surface area (Å²) < 4.78 is 0. The average Bonchev–Trinajstić information content (AvgIpc) is 2.52. The van der Waals surface area contributed by atoms with E-state index in [0.717, 1.165) is 12.0 Å². The molecule has 21 heavy (non-hydrogen) atoms. The summed E-state index contributed by atoms with van der Waals surface area (Å²) in [5.41, 5.74) is 2.45. The smallest absolute Gasteiger partial charge is 0.115 e. The average molecular weight is 283 g/mol. The van der Waals surface area contributed by atoms with Gasteiger partial charge in [-0.1, -0.05) is 62.2 Å². The highest BCUT2D eigenvalue weighted by Crippen LogP contribution is 2.25. The van der Waals surface area contributed by atoms with E-state index in [-0.39, 0.29) is 6.04 Å². The van der Waals surface area contributed by atoms with Gasteiger partial charge in [-0.05, 0) is 36.6 Å². The summed E-state index contributed by atoms with van der Waals surface area (Å²) in [6.07, 6.45) is 3.54. The lowest BCUT2D eigenvalue weighted by Crippen LogP contribution is -2.24. The molecule has 0 heterocycles. The van der Waals surface area contributed by atoms with Crippen LogP contribution in [0.1, 0.15) is 56.3 Å². The maximum absolute atomic E-state index is 9.63. The van der Waals surface area contributed by atoms with Crippen molar-refractivity contribution in [3.05, 3.63) is 65.7 Å². The molecule has 0 aliphatic carbocycles. The van der Waals surface area contributed by atoms with E-state index in [0.29, 0.717) is 11.8 Å². The molecule has 2 aromatic rings. The van der Waals surface area contributed by atoms with Crippen LogP contribution in [-0.4, -0.2) is 5.11 Å². The molecule has 0 bridgehead atoms. The van der Waals surface area contributed by atoms with Gasteiger partial charge in [-0.2, -0.15) is 0 Å². The first-order chi connectivity index (χ1) is 10.2. The third-order valence-electron chi connectivity index (χ3n) is 3.87. The molecule has 0 aromatic heterocycles. The largest absolute Gasteiger partial charge is 0.508 e. The molecule has 0 amide bonds. The van der Waals surface area contributed by atoms with Crippen LogP contribution >= 0.6 is 0 Å². The van der Waals surface area contributed by atoms with Gasteiger partial charge in [-0.15, -0.1) is 0 Å². The fourth-order valence-electron chi connectivity index (χ4n) is 2.63. The van der Waals surface area contributed by atoms with Gasteiger partial charge in [-0.25, -0.2) is 0 Å². The lowest BCUT2D eigenvalue weighted by Gasteiger charge is -2.24. The predicted molar refractivity (Wildman–Crippen MR) is 88.4 cm³/mol. The van der Waals surface area contributed by atoms with Gasteiger partial charge in [0, 0.05) is 12.1 Å². The summed E-state index contributed by atoms with van der Waals surface area (Å²) >= 11 is 0. The molecule has 0 saturated heterocycles. The van der Waals surface area contributed by atoms with Crippen LogP contribution in [0, 0.1) is 0 Å². The first-order valence-corrected chi connectivity index (χ1v) is 7.80. The lowest BCUT2D eigenvalue weighted by molar-refractivity contribution is 0.428. The van der Waals surface area contributed by atoms with Crippen molar-refractivity contribution in [2.24, 2.45) is 0 Å². The highest BCUT2D eigenvalue weighted by molar-refractivity contribution is 5.29. The van der Waals surface area contributed by atoms with Gasteiger partial charge < -0.3 is 10.4 Å². The van der Waals surface area contributed by atoms with E-state index in [1.165, 1.54) is 18.4 Å². The van der Waals surface area contributed by atoms with Gasteiger partial charge in [0.2, 0.25) is 0 Å². The van der Waals surface area contributed by atoms with Crippen LogP contribution in [0.3, 0.4) is 0 Å². The van der Waals surface area contributed by atoms with Crippen molar-refractivity contribution in [3.63, 3.8) is 0 Å². The molecule has 2 nitrogen and oxygen atoms in total. The zero-order chi connectivity index (χ0) is 15.1. The van der Waals surface area contributed by atoms with Gasteiger partial charge in [0.05, 0.1) is 0 Å². The van der Waals surface area contributed by atoms with Crippen LogP contribution in [0.4, 0.5) is 0 Å². The number of rotatable bonds is 7. The summed E-state index contributed by atoms with van der Waals surface area (Å²) in [5.74, 6) is 0.325. The Labute approximate surface area is 127 Å². The molecule has 2 heteroatoms. The number of unbranched alkanes of at least 4 members (excludes halogenated alkanes) is 1. The van der Waals surface area contributed by atoms with Crippen molar-refractivity contribution >= 4 is 0 Å². The SMILES string of the molecule is CCCCC(NC(C)c1cccc(O)c1)c1ccccc1. The first kappa shape index (κ1) is 15.6. The van der Waals surface area contributed by atoms with E-state index >= 15 is 0 Å². The van der Waals surface area contributed by atoms with Gasteiger partial charge in [0.1, 0.15) is 5.75 Å². The van der Waals surface area contributed by atoms with E-state index in [2.05, 4.69) is 55.6 Å². The molecule has 2 rings (SSSR count). The third kappa shape index (κ3) is 4.61. The summed E-state index contributed by atoms with van der Waals surface area (Å²) in [6.45, 7) is 4.37. The fourth-order valence-corrected chi connectivity index (χ4v) is 2.63. The van der Waals surface area contributed by atoms with Crippen molar-refractivity contribution < 1.29 is 5.11 Å². The Hall–Kier alpha value is -1.80. The van der Waals surface area contributed by atoms with Crippen molar-refractivity contribution in [2.75, 3.05) is 0 Å². The molecule has 2 unspecified atom stereocenters. The van der Waals surface area contributed by atoms with Crippen LogP contribution in [0.2, 0.25) is 0 Å². The van der Waals surface area contributed by atoms with E-state index in [4.69, 9.17) is 0 Å². The molecule has 0 radical (unpaired) electrons. The second-order valence-corrected chi connectivity index (χ2v) is 5.59. The van der Waals surface area contributed by atoms with Crippen molar-refractivity contribution in [3.8, 4) is 5.75 Å². The molecular weight excluding hydrogens is 258 g/mol. The number of phenols is 1. The minimum atomic E-state index is 0.208. The monoisotopic (exact) mass is 283 g/mol. The van der Waals surface area contributed by atoms with Gasteiger partial charge in [0.25, 0.3) is 0 Å². The maximum atomic E-state index is 9.63. The van der Waals surface area contributed by atoms with Crippen molar-refractivity contribution in [1.82, 2.24) is 5.32 Å². The Bertz CT molecular complexity index is 538. The van der Waals surface area contributed by atoms with Crippen LogP contribution < -0.4 is 5.32 Å². The zero-order valence-electron chi connectivity index (χ0n) is 12.9. The fraction of sp³-hybridized carbons (Fsp3) is 0.368. The lowest BCUT2D eigenvalue weighted by atomic mass is 9.98. The van der Waals surface area contributed by atoms with Crippen molar-refractivity contribution in [2.45, 2.75) is 45.2 Å². The normalized spacial score (nSPS) is 13.8. The number of hydrogen-bond acceptors (Lipinski definition) is 2. The number of phenolic OH excluding ortho intramolecular Hbond substituents is 1. The van der Waals surface area contributed by atoms with Crippen LogP contribution in [0.15, 0.2) is 54.6 Å². The molecule has 0 spiro atoms. The van der Waals surface area contributed by atoms with E-state index < -0.39 is 0 Å². The van der Waals surface area contributed by atoms with E-state index in [1.54, 1.807) is 6.07 Å². The highest BCUT2D eigenvalue weighted by Gasteiger charge is 2.15. The molecule has 2 aromatic carbocycles. The molecular formula is C19H25NO. The minimum Gasteiger partial charge on any atom is -0.508 e. The molecule has 112 valence electrons. The second kappa shape index (κ2) is 7.84. The number of aromatic hydroxyl groups is 1. The van der Waals surface area contributed by atoms with Gasteiger partial charge >= 0.3 is 0 Å². The summed E-state index contributed by atoms with van der Waals surface area (Å²) in [5, 5.41) is 13.3. The Morgan fingerprint density at radius 3 is 2.38 bits per heavy atom. The minimum absolute atomic E-state index is 0.208.